The summed E-state index contributed by atoms with van der Waals surface area (Å²) in [4.78, 5) is 21.5. The summed E-state index contributed by atoms with van der Waals surface area (Å²) in [6, 6.07) is 17.6. The van der Waals surface area contributed by atoms with E-state index in [0.29, 0.717) is 18.0 Å². The largest absolute Gasteiger partial charge is 0.495 e. The number of hydrogen-bond acceptors (Lipinski definition) is 5. The molecule has 1 aliphatic heterocycles. The fourth-order valence-corrected chi connectivity index (χ4v) is 3.70. The number of nitrogens with zero attached hydrogens (tertiary/aromatic N) is 3. The van der Waals surface area contributed by atoms with Gasteiger partial charge in [-0.05, 0) is 19.1 Å². The summed E-state index contributed by atoms with van der Waals surface area (Å²) in [6.07, 6.45) is 1.34. The summed E-state index contributed by atoms with van der Waals surface area (Å²) in [7, 11) is 1.68. The fraction of sp³-hybridized carbons (Fsp3) is 0.273. The van der Waals surface area contributed by atoms with Crippen LogP contribution in [0.4, 0.5) is 5.69 Å². The van der Waals surface area contributed by atoms with Crippen LogP contribution in [-0.4, -0.2) is 48.6 Å². The zero-order valence-electron chi connectivity index (χ0n) is 16.0. The minimum absolute atomic E-state index is 0.0338. The van der Waals surface area contributed by atoms with Crippen molar-refractivity contribution in [2.75, 3.05) is 31.6 Å². The molecule has 2 heterocycles. The molecule has 0 bridgehead atoms. The maximum atomic E-state index is 13.2. The molecule has 1 aromatic heterocycles. The van der Waals surface area contributed by atoms with Crippen LogP contribution in [0, 0.1) is 0 Å². The van der Waals surface area contributed by atoms with Crippen LogP contribution in [-0.2, 0) is 0 Å². The van der Waals surface area contributed by atoms with Gasteiger partial charge in [0.15, 0.2) is 17.8 Å². The number of carbonyl (C=O) groups is 1. The molecule has 0 N–H and O–H groups in total. The lowest BCUT2D eigenvalue weighted by Gasteiger charge is -2.41. The summed E-state index contributed by atoms with van der Waals surface area (Å²) >= 11 is 0. The standard InChI is InChI=1S/C22H23N3O3/c1-16-14-24(18-10-6-7-11-19(18)27-2)12-13-25(16)22(26)20-21(28-15-23-20)17-8-4-3-5-9-17/h3-11,15-16H,12-14H2,1-2H3. The van der Waals surface area contributed by atoms with Crippen molar-refractivity contribution in [3.8, 4) is 17.1 Å². The number of para-hydroxylation sites is 2. The lowest BCUT2D eigenvalue weighted by molar-refractivity contribution is 0.0669. The van der Waals surface area contributed by atoms with E-state index in [2.05, 4.69) is 16.8 Å². The van der Waals surface area contributed by atoms with Crippen LogP contribution in [0.15, 0.2) is 65.4 Å². The van der Waals surface area contributed by atoms with E-state index in [0.717, 1.165) is 30.1 Å². The Balaban J connectivity index is 1.53. The van der Waals surface area contributed by atoms with Gasteiger partial charge in [0.2, 0.25) is 0 Å². The number of piperazine rings is 1. The number of aromatic nitrogens is 1. The minimum atomic E-state index is -0.0974. The van der Waals surface area contributed by atoms with E-state index in [1.165, 1.54) is 6.39 Å². The van der Waals surface area contributed by atoms with E-state index in [4.69, 9.17) is 9.15 Å². The van der Waals surface area contributed by atoms with Gasteiger partial charge in [0.05, 0.1) is 12.8 Å². The third-order valence-electron chi connectivity index (χ3n) is 5.12. The number of hydrogen-bond donors (Lipinski definition) is 0. The van der Waals surface area contributed by atoms with Crippen molar-refractivity contribution in [1.29, 1.82) is 0 Å². The monoisotopic (exact) mass is 377 g/mol. The second-order valence-electron chi connectivity index (χ2n) is 6.86. The molecule has 1 unspecified atom stereocenters. The van der Waals surface area contributed by atoms with Gasteiger partial charge < -0.3 is 19.0 Å². The highest BCUT2D eigenvalue weighted by atomic mass is 16.5. The number of carbonyl (C=O) groups excluding carboxylic acids is 1. The number of ether oxygens (including phenoxy) is 1. The van der Waals surface area contributed by atoms with Gasteiger partial charge in [-0.3, -0.25) is 4.79 Å². The first-order valence-corrected chi connectivity index (χ1v) is 9.37. The number of anilines is 1. The van der Waals surface area contributed by atoms with Gasteiger partial charge in [-0.1, -0.05) is 42.5 Å². The highest BCUT2D eigenvalue weighted by Crippen LogP contribution is 2.30. The van der Waals surface area contributed by atoms with Crippen LogP contribution >= 0.6 is 0 Å². The van der Waals surface area contributed by atoms with Crippen LogP contribution in [0.5, 0.6) is 5.75 Å². The van der Waals surface area contributed by atoms with E-state index in [-0.39, 0.29) is 11.9 Å². The third kappa shape index (κ3) is 3.33. The molecule has 4 rings (SSSR count). The molecular formula is C22H23N3O3. The molecule has 0 radical (unpaired) electrons. The van der Waals surface area contributed by atoms with Gasteiger partial charge in [-0.15, -0.1) is 0 Å². The maximum Gasteiger partial charge on any atom is 0.276 e. The average molecular weight is 377 g/mol. The Labute approximate surface area is 164 Å². The molecule has 0 spiro atoms. The van der Waals surface area contributed by atoms with Crippen molar-refractivity contribution in [3.05, 3.63) is 66.7 Å². The molecule has 1 atom stereocenters. The van der Waals surface area contributed by atoms with Crippen molar-refractivity contribution in [3.63, 3.8) is 0 Å². The molecule has 1 aliphatic rings. The number of methoxy groups -OCH3 is 1. The molecule has 0 aliphatic carbocycles. The Bertz CT molecular complexity index is 954. The Kier molecular flexibility index (Phi) is 5.02. The van der Waals surface area contributed by atoms with Gasteiger partial charge >= 0.3 is 0 Å². The highest BCUT2D eigenvalue weighted by molar-refractivity contribution is 5.98. The van der Waals surface area contributed by atoms with Crippen molar-refractivity contribution in [1.82, 2.24) is 9.88 Å². The Morgan fingerprint density at radius 3 is 2.61 bits per heavy atom. The first-order chi connectivity index (χ1) is 13.7. The van der Waals surface area contributed by atoms with Crippen molar-refractivity contribution < 1.29 is 13.9 Å². The number of amides is 1. The van der Waals surface area contributed by atoms with Gasteiger partial charge in [0.25, 0.3) is 5.91 Å². The van der Waals surface area contributed by atoms with Gasteiger partial charge in [-0.25, -0.2) is 4.98 Å². The zero-order chi connectivity index (χ0) is 19.5. The van der Waals surface area contributed by atoms with Crippen LogP contribution in [0.25, 0.3) is 11.3 Å². The van der Waals surface area contributed by atoms with Crippen LogP contribution < -0.4 is 9.64 Å². The molecule has 0 saturated carbocycles. The highest BCUT2D eigenvalue weighted by Gasteiger charge is 2.32. The predicted octanol–water partition coefficient (Wildman–Crippen LogP) is 3.70. The van der Waals surface area contributed by atoms with E-state index < -0.39 is 0 Å². The predicted molar refractivity (Wildman–Crippen MR) is 108 cm³/mol. The zero-order valence-corrected chi connectivity index (χ0v) is 16.0. The Morgan fingerprint density at radius 1 is 1.11 bits per heavy atom. The van der Waals surface area contributed by atoms with Crippen molar-refractivity contribution in [2.45, 2.75) is 13.0 Å². The normalized spacial score (nSPS) is 16.9. The lowest BCUT2D eigenvalue weighted by atomic mass is 10.1. The first-order valence-electron chi connectivity index (χ1n) is 9.37. The molecule has 6 heteroatoms. The van der Waals surface area contributed by atoms with Crippen LogP contribution in [0.2, 0.25) is 0 Å². The second kappa shape index (κ2) is 7.76. The van der Waals surface area contributed by atoms with E-state index in [1.807, 2.05) is 59.5 Å². The molecule has 3 aromatic rings. The molecule has 1 saturated heterocycles. The van der Waals surface area contributed by atoms with E-state index in [1.54, 1.807) is 7.11 Å². The summed E-state index contributed by atoms with van der Waals surface area (Å²) in [5.41, 5.74) is 2.27. The SMILES string of the molecule is COc1ccccc1N1CCN(C(=O)c2ncoc2-c2ccccc2)C(C)C1. The summed E-state index contributed by atoms with van der Waals surface area (Å²) in [6.45, 7) is 4.13. The maximum absolute atomic E-state index is 13.2. The minimum Gasteiger partial charge on any atom is -0.495 e. The molecule has 28 heavy (non-hydrogen) atoms. The van der Waals surface area contributed by atoms with E-state index in [9.17, 15) is 4.79 Å². The fourth-order valence-electron chi connectivity index (χ4n) is 3.70. The molecule has 6 nitrogen and oxygen atoms in total. The average Bonchev–Trinajstić information content (AvgIpc) is 3.24. The van der Waals surface area contributed by atoms with E-state index >= 15 is 0 Å². The first kappa shape index (κ1) is 18.1. The molecule has 144 valence electrons. The summed E-state index contributed by atoms with van der Waals surface area (Å²) in [5.74, 6) is 1.27. The van der Waals surface area contributed by atoms with Gasteiger partial charge in [0, 0.05) is 31.2 Å². The molecular weight excluding hydrogens is 354 g/mol. The van der Waals surface area contributed by atoms with Gasteiger partial charge in [0.1, 0.15) is 5.75 Å². The van der Waals surface area contributed by atoms with Gasteiger partial charge in [-0.2, -0.15) is 0 Å². The number of oxazole rings is 1. The smallest absolute Gasteiger partial charge is 0.276 e. The summed E-state index contributed by atoms with van der Waals surface area (Å²) in [5, 5.41) is 0. The molecule has 1 fully saturated rings. The van der Waals surface area contributed by atoms with Crippen molar-refractivity contribution in [2.24, 2.45) is 0 Å². The van der Waals surface area contributed by atoms with Crippen LogP contribution in [0.3, 0.4) is 0 Å². The Morgan fingerprint density at radius 2 is 1.86 bits per heavy atom. The quantitative estimate of drug-likeness (QED) is 0.694. The summed E-state index contributed by atoms with van der Waals surface area (Å²) < 4.78 is 11.0. The third-order valence-corrected chi connectivity index (χ3v) is 5.12. The number of benzene rings is 2. The Hall–Kier alpha value is -3.28. The lowest BCUT2D eigenvalue weighted by Crippen LogP contribution is -2.54. The molecule has 1 amide bonds. The number of rotatable bonds is 4. The molecule has 2 aromatic carbocycles. The second-order valence-corrected chi connectivity index (χ2v) is 6.86. The topological polar surface area (TPSA) is 58.8 Å². The van der Waals surface area contributed by atoms with Crippen molar-refractivity contribution >= 4 is 11.6 Å². The van der Waals surface area contributed by atoms with Crippen LogP contribution in [0.1, 0.15) is 17.4 Å².